The number of carbonyl (C=O) groups excluding carboxylic acids is 2. The van der Waals surface area contributed by atoms with E-state index in [4.69, 9.17) is 0 Å². The van der Waals surface area contributed by atoms with Gasteiger partial charge in [0.2, 0.25) is 0 Å². The highest BCUT2D eigenvalue weighted by Crippen LogP contribution is 2.07. The van der Waals surface area contributed by atoms with E-state index in [0.717, 1.165) is 3.57 Å². The molecule has 0 aromatic heterocycles. The number of hydrogen-bond donors (Lipinski definition) is 1. The molecule has 1 amide bonds. The molecule has 2 rings (SSSR count). The van der Waals surface area contributed by atoms with Crippen LogP contribution in [0.1, 0.15) is 20.7 Å². The third kappa shape index (κ3) is 3.89. The van der Waals surface area contributed by atoms with Crippen LogP contribution in [0.5, 0.6) is 0 Å². The summed E-state index contributed by atoms with van der Waals surface area (Å²) < 4.78 is 0.986. The fourth-order valence-corrected chi connectivity index (χ4v) is 2.16. The lowest BCUT2D eigenvalue weighted by molar-refractivity contribution is 0.0904. The second-order valence-electron chi connectivity index (χ2n) is 3.98. The van der Waals surface area contributed by atoms with Crippen molar-refractivity contribution < 1.29 is 9.59 Å². The van der Waals surface area contributed by atoms with Crippen molar-refractivity contribution in [1.29, 1.82) is 0 Å². The molecule has 96 valence electrons. The van der Waals surface area contributed by atoms with Crippen molar-refractivity contribution >= 4 is 34.3 Å². The van der Waals surface area contributed by atoms with Crippen LogP contribution in [-0.4, -0.2) is 18.2 Å². The minimum atomic E-state index is -0.234. The van der Waals surface area contributed by atoms with Gasteiger partial charge in [0.05, 0.1) is 6.54 Å². The lowest BCUT2D eigenvalue weighted by Crippen LogP contribution is -2.29. The Labute approximate surface area is 125 Å². The van der Waals surface area contributed by atoms with Gasteiger partial charge in [-0.2, -0.15) is 0 Å². The molecule has 0 aliphatic rings. The summed E-state index contributed by atoms with van der Waals surface area (Å²) in [7, 11) is 0. The maximum atomic E-state index is 11.9. The van der Waals surface area contributed by atoms with Crippen LogP contribution in [0.15, 0.2) is 54.6 Å². The van der Waals surface area contributed by atoms with Gasteiger partial charge in [-0.1, -0.05) is 36.4 Å². The molecule has 0 aliphatic carbocycles. The van der Waals surface area contributed by atoms with Gasteiger partial charge in [-0.25, -0.2) is 0 Å². The Balaban J connectivity index is 1.96. The summed E-state index contributed by atoms with van der Waals surface area (Å²) in [5, 5.41) is 2.63. The number of ketones is 1. The summed E-state index contributed by atoms with van der Waals surface area (Å²) in [6.07, 6.45) is 0. The number of Topliss-reactive ketones (excluding diaryl/α,β-unsaturated/α-hetero) is 1. The van der Waals surface area contributed by atoms with Crippen LogP contribution in [0.4, 0.5) is 0 Å². The molecule has 2 aromatic rings. The van der Waals surface area contributed by atoms with Gasteiger partial charge in [0, 0.05) is 14.7 Å². The van der Waals surface area contributed by atoms with Crippen LogP contribution in [0.25, 0.3) is 0 Å². The standard InChI is InChI=1S/C15H12INO2/c16-13-8-4-7-12(9-13)15(19)17-10-14(18)11-5-2-1-3-6-11/h1-9H,10H2,(H,17,19). The molecular weight excluding hydrogens is 353 g/mol. The number of hydrogen-bond acceptors (Lipinski definition) is 2. The SMILES string of the molecule is O=C(CNC(=O)c1cccc(I)c1)c1ccccc1. The molecule has 0 saturated heterocycles. The predicted octanol–water partition coefficient (Wildman–Crippen LogP) is 2.90. The van der Waals surface area contributed by atoms with E-state index in [1.165, 1.54) is 0 Å². The number of rotatable bonds is 4. The minimum Gasteiger partial charge on any atom is -0.345 e. The maximum Gasteiger partial charge on any atom is 0.251 e. The molecule has 0 aliphatic heterocycles. The average molecular weight is 365 g/mol. The molecule has 0 atom stereocenters. The van der Waals surface area contributed by atoms with Crippen LogP contribution >= 0.6 is 22.6 Å². The normalized spacial score (nSPS) is 9.95. The highest BCUT2D eigenvalue weighted by molar-refractivity contribution is 14.1. The molecule has 0 unspecified atom stereocenters. The van der Waals surface area contributed by atoms with Crippen molar-refractivity contribution in [3.8, 4) is 0 Å². The number of halogens is 1. The summed E-state index contributed by atoms with van der Waals surface area (Å²) in [4.78, 5) is 23.7. The Morgan fingerprint density at radius 1 is 0.947 bits per heavy atom. The van der Waals surface area contributed by atoms with E-state index >= 15 is 0 Å². The van der Waals surface area contributed by atoms with Crippen molar-refractivity contribution in [2.24, 2.45) is 0 Å². The number of carbonyl (C=O) groups is 2. The van der Waals surface area contributed by atoms with E-state index in [1.54, 1.807) is 36.4 Å². The van der Waals surface area contributed by atoms with E-state index in [9.17, 15) is 9.59 Å². The van der Waals surface area contributed by atoms with Gasteiger partial charge in [-0.3, -0.25) is 9.59 Å². The molecule has 1 N–H and O–H groups in total. The van der Waals surface area contributed by atoms with Gasteiger partial charge in [-0.15, -0.1) is 0 Å². The molecule has 0 spiro atoms. The smallest absolute Gasteiger partial charge is 0.251 e. The summed E-state index contributed by atoms with van der Waals surface area (Å²) >= 11 is 2.14. The molecule has 0 fully saturated rings. The van der Waals surface area contributed by atoms with Crippen LogP contribution in [0.2, 0.25) is 0 Å². The Morgan fingerprint density at radius 2 is 1.63 bits per heavy atom. The first-order chi connectivity index (χ1) is 9.16. The largest absolute Gasteiger partial charge is 0.345 e. The lowest BCUT2D eigenvalue weighted by atomic mass is 10.1. The maximum absolute atomic E-state index is 11.9. The van der Waals surface area contributed by atoms with Gasteiger partial charge in [0.25, 0.3) is 5.91 Å². The number of amides is 1. The third-order valence-electron chi connectivity index (χ3n) is 2.59. The van der Waals surface area contributed by atoms with E-state index < -0.39 is 0 Å². The van der Waals surface area contributed by atoms with Crippen LogP contribution in [-0.2, 0) is 0 Å². The minimum absolute atomic E-state index is 0.00825. The van der Waals surface area contributed by atoms with Crippen molar-refractivity contribution in [2.75, 3.05) is 6.54 Å². The fraction of sp³-hybridized carbons (Fsp3) is 0.0667. The molecule has 0 heterocycles. The highest BCUT2D eigenvalue weighted by Gasteiger charge is 2.09. The second kappa shape index (κ2) is 6.47. The first kappa shape index (κ1) is 13.7. The zero-order valence-electron chi connectivity index (χ0n) is 10.1. The molecule has 19 heavy (non-hydrogen) atoms. The molecule has 4 heteroatoms. The predicted molar refractivity (Wildman–Crippen MR) is 82.3 cm³/mol. The van der Waals surface area contributed by atoms with Crippen LogP contribution in [0.3, 0.4) is 0 Å². The Morgan fingerprint density at radius 3 is 2.32 bits per heavy atom. The van der Waals surface area contributed by atoms with E-state index in [2.05, 4.69) is 27.9 Å². The molecule has 3 nitrogen and oxygen atoms in total. The van der Waals surface area contributed by atoms with Gasteiger partial charge >= 0.3 is 0 Å². The summed E-state index contributed by atoms with van der Waals surface area (Å²) in [5.74, 6) is -0.331. The first-order valence-electron chi connectivity index (χ1n) is 5.79. The van der Waals surface area contributed by atoms with E-state index in [0.29, 0.717) is 11.1 Å². The summed E-state index contributed by atoms with van der Waals surface area (Å²) in [6, 6.07) is 16.2. The number of benzene rings is 2. The fourth-order valence-electron chi connectivity index (χ4n) is 1.62. The average Bonchev–Trinajstić information content (AvgIpc) is 2.45. The quantitative estimate of drug-likeness (QED) is 0.669. The molecule has 0 saturated carbocycles. The molecule has 2 aromatic carbocycles. The van der Waals surface area contributed by atoms with Gasteiger partial charge in [-0.05, 0) is 40.8 Å². The van der Waals surface area contributed by atoms with Gasteiger partial charge in [0.15, 0.2) is 5.78 Å². The van der Waals surface area contributed by atoms with Crippen LogP contribution in [0, 0.1) is 3.57 Å². The van der Waals surface area contributed by atoms with E-state index in [1.807, 2.05) is 18.2 Å². The monoisotopic (exact) mass is 365 g/mol. The highest BCUT2D eigenvalue weighted by atomic mass is 127. The Bertz CT molecular complexity index is 596. The van der Waals surface area contributed by atoms with Crippen LogP contribution < -0.4 is 5.32 Å². The van der Waals surface area contributed by atoms with Gasteiger partial charge < -0.3 is 5.32 Å². The zero-order chi connectivity index (χ0) is 13.7. The molecule has 0 radical (unpaired) electrons. The summed E-state index contributed by atoms with van der Waals surface area (Å²) in [5.41, 5.74) is 1.17. The topological polar surface area (TPSA) is 46.2 Å². The zero-order valence-corrected chi connectivity index (χ0v) is 12.3. The third-order valence-corrected chi connectivity index (χ3v) is 3.26. The van der Waals surface area contributed by atoms with Crippen molar-refractivity contribution in [3.63, 3.8) is 0 Å². The number of nitrogens with one attached hydrogen (secondary N) is 1. The molecule has 0 bridgehead atoms. The van der Waals surface area contributed by atoms with Crippen molar-refractivity contribution in [1.82, 2.24) is 5.32 Å². The molecular formula is C15H12INO2. The summed E-state index contributed by atoms with van der Waals surface area (Å²) in [6.45, 7) is 0.00825. The van der Waals surface area contributed by atoms with Crippen molar-refractivity contribution in [2.45, 2.75) is 0 Å². The lowest BCUT2D eigenvalue weighted by Gasteiger charge is -2.05. The van der Waals surface area contributed by atoms with Gasteiger partial charge in [0.1, 0.15) is 0 Å². The Kier molecular flexibility index (Phi) is 4.68. The van der Waals surface area contributed by atoms with Crippen molar-refractivity contribution in [3.05, 3.63) is 69.3 Å². The van der Waals surface area contributed by atoms with E-state index in [-0.39, 0.29) is 18.2 Å². The Hall–Kier alpha value is -1.69. The second-order valence-corrected chi connectivity index (χ2v) is 5.23. The first-order valence-corrected chi connectivity index (χ1v) is 6.87.